The van der Waals surface area contributed by atoms with Gasteiger partial charge in [0.1, 0.15) is 16.8 Å². The molecule has 0 aromatic heterocycles. The number of nitrogens with one attached hydrogen (secondary N) is 1. The van der Waals surface area contributed by atoms with Crippen LogP contribution >= 0.6 is 23.4 Å². The summed E-state index contributed by atoms with van der Waals surface area (Å²) < 4.78 is 18.7. The maximum Gasteiger partial charge on any atom is 0.238 e. The van der Waals surface area contributed by atoms with E-state index >= 15 is 0 Å². The van der Waals surface area contributed by atoms with Gasteiger partial charge in [0.15, 0.2) is 5.17 Å². The third-order valence-corrected chi connectivity index (χ3v) is 6.61. The van der Waals surface area contributed by atoms with Crippen molar-refractivity contribution in [2.75, 3.05) is 11.9 Å². The lowest BCUT2D eigenvalue weighted by Crippen LogP contribution is -2.44. The van der Waals surface area contributed by atoms with Crippen LogP contribution in [-0.2, 0) is 16.1 Å². The van der Waals surface area contributed by atoms with Crippen molar-refractivity contribution in [2.24, 2.45) is 4.99 Å². The van der Waals surface area contributed by atoms with Crippen molar-refractivity contribution in [2.45, 2.75) is 25.1 Å². The van der Waals surface area contributed by atoms with Gasteiger partial charge >= 0.3 is 0 Å². The Kier molecular flexibility index (Phi) is 8.05. The summed E-state index contributed by atoms with van der Waals surface area (Å²) in [5.74, 6) is -0.241. The molecule has 180 valence electrons. The van der Waals surface area contributed by atoms with E-state index in [1.807, 2.05) is 19.1 Å². The molecular formula is C26H23ClFN3O3S. The van der Waals surface area contributed by atoms with E-state index in [0.29, 0.717) is 34.7 Å². The molecule has 1 fully saturated rings. The van der Waals surface area contributed by atoms with E-state index in [4.69, 9.17) is 16.3 Å². The first-order chi connectivity index (χ1) is 16.9. The summed E-state index contributed by atoms with van der Waals surface area (Å²) in [5.41, 5.74) is 1.97. The van der Waals surface area contributed by atoms with Gasteiger partial charge in [-0.1, -0.05) is 35.5 Å². The number of nitrogens with zero attached hydrogens (tertiary/aromatic N) is 2. The molecule has 9 heteroatoms. The minimum absolute atomic E-state index is 0.00752. The van der Waals surface area contributed by atoms with Crippen LogP contribution in [-0.4, -0.2) is 33.7 Å². The van der Waals surface area contributed by atoms with E-state index < -0.39 is 11.1 Å². The quantitative estimate of drug-likeness (QED) is 0.420. The second kappa shape index (κ2) is 11.4. The monoisotopic (exact) mass is 511 g/mol. The van der Waals surface area contributed by atoms with Crippen LogP contribution in [0, 0.1) is 5.82 Å². The van der Waals surface area contributed by atoms with Gasteiger partial charge in [-0.05, 0) is 73.2 Å². The van der Waals surface area contributed by atoms with Gasteiger partial charge in [0.2, 0.25) is 11.8 Å². The summed E-state index contributed by atoms with van der Waals surface area (Å²) in [7, 11) is 0. The van der Waals surface area contributed by atoms with Crippen molar-refractivity contribution in [1.82, 2.24) is 4.90 Å². The first-order valence-electron chi connectivity index (χ1n) is 11.0. The predicted octanol–water partition coefficient (Wildman–Crippen LogP) is 6.04. The summed E-state index contributed by atoms with van der Waals surface area (Å²) in [6.07, 6.45) is 0.00752. The zero-order chi connectivity index (χ0) is 24.8. The Morgan fingerprint density at radius 2 is 1.80 bits per heavy atom. The molecule has 1 heterocycles. The highest BCUT2D eigenvalue weighted by molar-refractivity contribution is 8.15. The fraction of sp³-hybridized carbons (Fsp3) is 0.192. The molecule has 0 saturated carbocycles. The second-order valence-electron chi connectivity index (χ2n) is 7.73. The smallest absolute Gasteiger partial charge is 0.238 e. The molecule has 1 N–H and O–H groups in total. The average Bonchev–Trinajstić information content (AvgIpc) is 2.85. The van der Waals surface area contributed by atoms with E-state index in [1.165, 1.54) is 36.0 Å². The fourth-order valence-corrected chi connectivity index (χ4v) is 4.64. The number of thioether (sulfide) groups is 1. The van der Waals surface area contributed by atoms with Crippen LogP contribution in [0.1, 0.15) is 18.9 Å². The van der Waals surface area contributed by atoms with E-state index in [1.54, 1.807) is 41.3 Å². The summed E-state index contributed by atoms with van der Waals surface area (Å²) >= 11 is 7.22. The average molecular weight is 512 g/mol. The van der Waals surface area contributed by atoms with Gasteiger partial charge in [-0.25, -0.2) is 9.38 Å². The van der Waals surface area contributed by atoms with Gasteiger partial charge in [0.05, 0.1) is 18.8 Å². The van der Waals surface area contributed by atoms with Crippen molar-refractivity contribution >= 4 is 51.7 Å². The minimum atomic E-state index is -0.685. The summed E-state index contributed by atoms with van der Waals surface area (Å²) in [4.78, 5) is 32.4. The van der Waals surface area contributed by atoms with Gasteiger partial charge in [-0.3, -0.25) is 14.5 Å². The largest absolute Gasteiger partial charge is 0.494 e. The molecular weight excluding hydrogens is 489 g/mol. The summed E-state index contributed by atoms with van der Waals surface area (Å²) in [6.45, 7) is 2.76. The SMILES string of the molecule is CCOc1ccc(N=C2S[C@H](C(=O)Nc3ccc(F)cc3)CC(=O)N2Cc2ccc(Cl)cc2)cc1. The molecule has 1 atom stereocenters. The van der Waals surface area contributed by atoms with E-state index in [0.717, 1.165) is 11.3 Å². The number of hydrogen-bond acceptors (Lipinski definition) is 5. The summed E-state index contributed by atoms with van der Waals surface area (Å²) in [5, 5.41) is 3.09. The molecule has 4 rings (SSSR count). The van der Waals surface area contributed by atoms with Crippen LogP contribution < -0.4 is 10.1 Å². The van der Waals surface area contributed by atoms with Crippen LogP contribution in [0.2, 0.25) is 5.02 Å². The van der Waals surface area contributed by atoms with Crippen molar-refractivity contribution in [3.05, 3.63) is 89.2 Å². The fourth-order valence-electron chi connectivity index (χ4n) is 3.42. The van der Waals surface area contributed by atoms with Crippen LogP contribution in [0.3, 0.4) is 0 Å². The molecule has 0 unspecified atom stereocenters. The highest BCUT2D eigenvalue weighted by Crippen LogP contribution is 2.31. The molecule has 0 radical (unpaired) electrons. The number of anilines is 1. The predicted molar refractivity (Wildman–Crippen MR) is 138 cm³/mol. The lowest BCUT2D eigenvalue weighted by atomic mass is 10.2. The van der Waals surface area contributed by atoms with E-state index in [-0.39, 0.29) is 18.2 Å². The maximum atomic E-state index is 13.2. The number of ether oxygens (including phenoxy) is 1. The zero-order valence-corrected chi connectivity index (χ0v) is 20.5. The number of amidine groups is 1. The molecule has 0 aliphatic carbocycles. The van der Waals surface area contributed by atoms with E-state index in [9.17, 15) is 14.0 Å². The van der Waals surface area contributed by atoms with Gasteiger partial charge in [-0.2, -0.15) is 0 Å². The topological polar surface area (TPSA) is 71.0 Å². The Labute approximate surface area is 212 Å². The molecule has 0 spiro atoms. The Morgan fingerprint density at radius 1 is 1.11 bits per heavy atom. The van der Waals surface area contributed by atoms with Crippen LogP contribution in [0.5, 0.6) is 5.75 Å². The van der Waals surface area contributed by atoms with Crippen LogP contribution in [0.4, 0.5) is 15.8 Å². The molecule has 2 amide bonds. The lowest BCUT2D eigenvalue weighted by molar-refractivity contribution is -0.129. The van der Waals surface area contributed by atoms with Gasteiger partial charge in [-0.15, -0.1) is 0 Å². The highest BCUT2D eigenvalue weighted by atomic mass is 35.5. The van der Waals surface area contributed by atoms with E-state index in [2.05, 4.69) is 10.3 Å². The summed E-state index contributed by atoms with van der Waals surface area (Å²) in [6, 6.07) is 19.9. The van der Waals surface area contributed by atoms with Crippen LogP contribution in [0.15, 0.2) is 77.8 Å². The zero-order valence-electron chi connectivity index (χ0n) is 18.9. The molecule has 1 aliphatic rings. The number of rotatable bonds is 7. The molecule has 35 heavy (non-hydrogen) atoms. The Balaban J connectivity index is 1.58. The Hall–Kier alpha value is -3.36. The van der Waals surface area contributed by atoms with Gasteiger partial charge in [0.25, 0.3) is 0 Å². The van der Waals surface area contributed by atoms with Crippen molar-refractivity contribution < 1.29 is 18.7 Å². The normalized spacial score (nSPS) is 16.9. The number of halogens is 2. The number of carbonyl (C=O) groups is 2. The first-order valence-corrected chi connectivity index (χ1v) is 12.3. The lowest BCUT2D eigenvalue weighted by Gasteiger charge is -2.32. The standard InChI is InChI=1S/C26H23ClFN3O3S/c1-2-34-22-13-11-21(12-14-22)30-26-31(16-17-3-5-18(27)6-4-17)24(32)15-23(35-26)25(33)29-20-9-7-19(28)8-10-20/h3-14,23H,2,15-16H2,1H3,(H,29,33)/t23-/m0/s1. The highest BCUT2D eigenvalue weighted by Gasteiger charge is 2.36. The van der Waals surface area contributed by atoms with Gasteiger partial charge in [0, 0.05) is 17.1 Å². The number of aliphatic imine (C=N–C) groups is 1. The molecule has 1 aliphatic heterocycles. The Morgan fingerprint density at radius 3 is 2.46 bits per heavy atom. The number of carbonyl (C=O) groups excluding carboxylic acids is 2. The number of hydrogen-bond donors (Lipinski definition) is 1. The number of amides is 2. The molecule has 1 saturated heterocycles. The first kappa shape index (κ1) is 24.8. The molecule has 3 aromatic carbocycles. The van der Waals surface area contributed by atoms with Crippen molar-refractivity contribution in [3.63, 3.8) is 0 Å². The third kappa shape index (κ3) is 6.61. The second-order valence-corrected chi connectivity index (χ2v) is 9.34. The van der Waals surface area contributed by atoms with Crippen molar-refractivity contribution in [1.29, 1.82) is 0 Å². The number of benzene rings is 3. The van der Waals surface area contributed by atoms with Gasteiger partial charge < -0.3 is 10.1 Å². The molecule has 3 aromatic rings. The van der Waals surface area contributed by atoms with Crippen molar-refractivity contribution in [3.8, 4) is 5.75 Å². The maximum absolute atomic E-state index is 13.2. The third-order valence-electron chi connectivity index (χ3n) is 5.17. The Bertz CT molecular complexity index is 1220. The molecule has 6 nitrogen and oxygen atoms in total. The minimum Gasteiger partial charge on any atom is -0.494 e. The molecule has 0 bridgehead atoms. The van der Waals surface area contributed by atoms with Crippen LogP contribution in [0.25, 0.3) is 0 Å².